The summed E-state index contributed by atoms with van der Waals surface area (Å²) in [6, 6.07) is 0. The molecule has 1 unspecified atom stereocenters. The van der Waals surface area contributed by atoms with Crippen LogP contribution in [0.2, 0.25) is 0 Å². The van der Waals surface area contributed by atoms with Gasteiger partial charge in [-0.1, -0.05) is 12.1 Å². The molecule has 0 aliphatic carbocycles. The van der Waals surface area contributed by atoms with Gasteiger partial charge in [0.1, 0.15) is 11.7 Å². The van der Waals surface area contributed by atoms with Gasteiger partial charge in [0.2, 0.25) is 0 Å². The summed E-state index contributed by atoms with van der Waals surface area (Å²) >= 11 is 0. The first kappa shape index (κ1) is 9.73. The molecule has 13 heavy (non-hydrogen) atoms. The molecule has 0 saturated heterocycles. The zero-order valence-corrected chi connectivity index (χ0v) is 7.48. The molecular formula is C8H11NO4. The average Bonchev–Trinajstić information content (AvgIpc) is 2.55. The Morgan fingerprint density at radius 1 is 1.85 bits per heavy atom. The van der Waals surface area contributed by atoms with E-state index in [0.29, 0.717) is 6.42 Å². The molecule has 1 heterocycles. The molecule has 5 heteroatoms. The lowest BCUT2D eigenvalue weighted by atomic mass is 10.1. The van der Waals surface area contributed by atoms with Crippen LogP contribution in [-0.4, -0.2) is 23.3 Å². The van der Waals surface area contributed by atoms with E-state index < -0.39 is 5.97 Å². The number of aromatic nitrogens is 1. The number of ether oxygens (including phenoxy) is 1. The van der Waals surface area contributed by atoms with Gasteiger partial charge in [-0.15, -0.1) is 0 Å². The molecule has 1 aromatic heterocycles. The van der Waals surface area contributed by atoms with E-state index in [-0.39, 0.29) is 17.4 Å². The van der Waals surface area contributed by atoms with Crippen LogP contribution in [0, 0.1) is 0 Å². The molecule has 0 aliphatic rings. The number of nitrogens with zero attached hydrogens (tertiary/aromatic N) is 1. The van der Waals surface area contributed by atoms with Crippen LogP contribution in [0.25, 0.3) is 0 Å². The summed E-state index contributed by atoms with van der Waals surface area (Å²) in [6.07, 6.45) is 1.49. The van der Waals surface area contributed by atoms with Crippen LogP contribution in [0.3, 0.4) is 0 Å². The van der Waals surface area contributed by atoms with E-state index in [4.69, 9.17) is 14.4 Å². The molecule has 1 rings (SSSR count). The van der Waals surface area contributed by atoms with Crippen molar-refractivity contribution in [2.45, 2.75) is 19.4 Å². The van der Waals surface area contributed by atoms with E-state index >= 15 is 0 Å². The molecule has 0 saturated carbocycles. The second-order valence-corrected chi connectivity index (χ2v) is 2.54. The zero-order valence-electron chi connectivity index (χ0n) is 7.48. The highest BCUT2D eigenvalue weighted by Crippen LogP contribution is 2.23. The molecule has 0 aromatic carbocycles. The van der Waals surface area contributed by atoms with Gasteiger partial charge in [0, 0.05) is 7.11 Å². The summed E-state index contributed by atoms with van der Waals surface area (Å²) in [5.74, 6) is -0.774. The van der Waals surface area contributed by atoms with E-state index in [9.17, 15) is 4.79 Å². The Labute approximate surface area is 75.3 Å². The summed E-state index contributed by atoms with van der Waals surface area (Å²) in [4.78, 5) is 10.7. The van der Waals surface area contributed by atoms with Crippen LogP contribution in [-0.2, 0) is 4.74 Å². The van der Waals surface area contributed by atoms with E-state index in [1.807, 2.05) is 6.92 Å². The lowest BCUT2D eigenvalue weighted by Crippen LogP contribution is -2.05. The van der Waals surface area contributed by atoms with Crippen LogP contribution in [0.5, 0.6) is 0 Å². The van der Waals surface area contributed by atoms with Gasteiger partial charge in [0.25, 0.3) is 0 Å². The second kappa shape index (κ2) is 4.04. The van der Waals surface area contributed by atoms with Crippen molar-refractivity contribution in [3.63, 3.8) is 0 Å². The summed E-state index contributed by atoms with van der Waals surface area (Å²) < 4.78 is 9.85. The highest BCUT2D eigenvalue weighted by Gasteiger charge is 2.22. The van der Waals surface area contributed by atoms with Crippen molar-refractivity contribution in [3.05, 3.63) is 17.5 Å². The van der Waals surface area contributed by atoms with Gasteiger partial charge in [0.05, 0.1) is 6.20 Å². The normalized spacial score (nSPS) is 12.8. The van der Waals surface area contributed by atoms with Crippen molar-refractivity contribution in [3.8, 4) is 0 Å². The smallest absolute Gasteiger partial charge is 0.341 e. The van der Waals surface area contributed by atoms with Crippen LogP contribution in [0.4, 0.5) is 0 Å². The van der Waals surface area contributed by atoms with Gasteiger partial charge in [-0.2, -0.15) is 0 Å². The fourth-order valence-electron chi connectivity index (χ4n) is 1.10. The monoisotopic (exact) mass is 185 g/mol. The topological polar surface area (TPSA) is 72.6 Å². The van der Waals surface area contributed by atoms with Crippen molar-refractivity contribution in [2.75, 3.05) is 7.11 Å². The summed E-state index contributed by atoms with van der Waals surface area (Å²) in [5.41, 5.74) is 0.0636. The number of rotatable bonds is 4. The maximum Gasteiger partial charge on any atom is 0.341 e. The lowest BCUT2D eigenvalue weighted by molar-refractivity contribution is 0.0627. The highest BCUT2D eigenvalue weighted by atomic mass is 16.5. The number of methoxy groups -OCH3 is 1. The number of hydrogen-bond acceptors (Lipinski definition) is 4. The van der Waals surface area contributed by atoms with E-state index in [1.165, 1.54) is 13.3 Å². The molecule has 0 spiro atoms. The molecule has 1 aromatic rings. The third-order valence-corrected chi connectivity index (χ3v) is 1.78. The SMILES string of the molecule is CCC(OC)c1oncc1C(=O)O. The Morgan fingerprint density at radius 3 is 3.00 bits per heavy atom. The van der Waals surface area contributed by atoms with Crippen LogP contribution < -0.4 is 0 Å². The average molecular weight is 185 g/mol. The van der Waals surface area contributed by atoms with E-state index in [2.05, 4.69) is 5.16 Å². The van der Waals surface area contributed by atoms with Gasteiger partial charge in [-0.25, -0.2) is 4.79 Å². The van der Waals surface area contributed by atoms with Crippen LogP contribution in [0.15, 0.2) is 10.7 Å². The van der Waals surface area contributed by atoms with Crippen molar-refractivity contribution < 1.29 is 19.2 Å². The molecule has 72 valence electrons. The standard InChI is InChI=1S/C8H11NO4/c1-3-6(12-2)7-5(8(10)11)4-9-13-7/h4,6H,3H2,1-2H3,(H,10,11). The first-order valence-electron chi connectivity index (χ1n) is 3.91. The first-order chi connectivity index (χ1) is 6.20. The summed E-state index contributed by atoms with van der Waals surface area (Å²) in [5, 5.41) is 12.2. The van der Waals surface area contributed by atoms with Gasteiger partial charge in [0.15, 0.2) is 5.76 Å². The fraction of sp³-hybridized carbons (Fsp3) is 0.500. The Balaban J connectivity index is 2.98. The number of carboxylic acid groups (broad SMARTS) is 1. The maximum absolute atomic E-state index is 10.7. The molecule has 1 N–H and O–H groups in total. The predicted octanol–water partition coefficient (Wildman–Crippen LogP) is 1.47. The Morgan fingerprint density at radius 2 is 2.54 bits per heavy atom. The van der Waals surface area contributed by atoms with Crippen molar-refractivity contribution in [2.24, 2.45) is 0 Å². The molecule has 0 aliphatic heterocycles. The molecule has 0 fully saturated rings. The van der Waals surface area contributed by atoms with Gasteiger partial charge >= 0.3 is 5.97 Å². The number of aromatic carboxylic acids is 1. The third-order valence-electron chi connectivity index (χ3n) is 1.78. The summed E-state index contributed by atoms with van der Waals surface area (Å²) in [6.45, 7) is 1.88. The predicted molar refractivity (Wildman–Crippen MR) is 43.5 cm³/mol. The van der Waals surface area contributed by atoms with Gasteiger partial charge in [-0.05, 0) is 6.42 Å². The zero-order chi connectivity index (χ0) is 9.84. The highest BCUT2D eigenvalue weighted by molar-refractivity contribution is 5.88. The number of carbonyl (C=O) groups is 1. The molecule has 0 radical (unpaired) electrons. The maximum atomic E-state index is 10.7. The minimum atomic E-state index is -1.05. The second-order valence-electron chi connectivity index (χ2n) is 2.54. The Hall–Kier alpha value is -1.36. The Kier molecular flexibility index (Phi) is 3.02. The minimum Gasteiger partial charge on any atom is -0.478 e. The van der Waals surface area contributed by atoms with Crippen LogP contribution in [0.1, 0.15) is 35.6 Å². The minimum absolute atomic E-state index is 0.0636. The van der Waals surface area contributed by atoms with Crippen molar-refractivity contribution in [1.29, 1.82) is 0 Å². The summed E-state index contributed by atoms with van der Waals surface area (Å²) in [7, 11) is 1.50. The third kappa shape index (κ3) is 1.86. The van der Waals surface area contributed by atoms with E-state index in [1.54, 1.807) is 0 Å². The molecular weight excluding hydrogens is 174 g/mol. The van der Waals surface area contributed by atoms with E-state index in [0.717, 1.165) is 0 Å². The molecule has 0 bridgehead atoms. The molecule has 1 atom stereocenters. The molecule has 5 nitrogen and oxygen atoms in total. The van der Waals surface area contributed by atoms with Crippen molar-refractivity contribution >= 4 is 5.97 Å². The van der Waals surface area contributed by atoms with Gasteiger partial charge in [-0.3, -0.25) is 0 Å². The Bertz CT molecular complexity index is 290. The van der Waals surface area contributed by atoms with Gasteiger partial charge < -0.3 is 14.4 Å². The lowest BCUT2D eigenvalue weighted by Gasteiger charge is -2.08. The number of hydrogen-bond donors (Lipinski definition) is 1. The van der Waals surface area contributed by atoms with Crippen LogP contribution >= 0.6 is 0 Å². The number of carboxylic acids is 1. The molecule has 0 amide bonds. The quantitative estimate of drug-likeness (QED) is 0.768. The largest absolute Gasteiger partial charge is 0.478 e. The van der Waals surface area contributed by atoms with Crippen molar-refractivity contribution in [1.82, 2.24) is 5.16 Å². The first-order valence-corrected chi connectivity index (χ1v) is 3.91. The fourth-order valence-corrected chi connectivity index (χ4v) is 1.10.